The van der Waals surface area contributed by atoms with Crippen LogP contribution in [0.15, 0.2) is 47.6 Å². The fourth-order valence-electron chi connectivity index (χ4n) is 3.69. The number of benzene rings is 1. The lowest BCUT2D eigenvalue weighted by Gasteiger charge is -2.31. The Labute approximate surface area is 185 Å². The molecule has 1 aliphatic heterocycles. The van der Waals surface area contributed by atoms with Crippen LogP contribution in [0.4, 0.5) is 5.82 Å². The van der Waals surface area contributed by atoms with Gasteiger partial charge in [-0.3, -0.25) is 9.79 Å². The van der Waals surface area contributed by atoms with Crippen LogP contribution >= 0.6 is 0 Å². The van der Waals surface area contributed by atoms with Gasteiger partial charge in [0.1, 0.15) is 5.82 Å². The third kappa shape index (κ3) is 6.70. The summed E-state index contributed by atoms with van der Waals surface area (Å²) in [6.07, 6.45) is 5.22. The molecule has 2 heterocycles. The van der Waals surface area contributed by atoms with E-state index in [-0.39, 0.29) is 5.91 Å². The molecule has 1 amide bonds. The summed E-state index contributed by atoms with van der Waals surface area (Å²) in [6, 6.07) is 11.9. The number of rotatable bonds is 7. The second-order valence-corrected chi connectivity index (χ2v) is 8.08. The van der Waals surface area contributed by atoms with Gasteiger partial charge in [0.25, 0.3) is 5.91 Å². The van der Waals surface area contributed by atoms with Crippen molar-refractivity contribution in [2.45, 2.75) is 32.7 Å². The Balaban J connectivity index is 1.44. The van der Waals surface area contributed by atoms with Gasteiger partial charge in [0, 0.05) is 52.0 Å². The monoisotopic (exact) mass is 422 g/mol. The highest BCUT2D eigenvalue weighted by atomic mass is 16.1. The number of nitrogens with zero attached hydrogens (tertiary/aromatic N) is 3. The molecule has 31 heavy (non-hydrogen) atoms. The van der Waals surface area contributed by atoms with Crippen LogP contribution in [0.2, 0.25) is 0 Å². The Morgan fingerprint density at radius 3 is 2.65 bits per heavy atom. The van der Waals surface area contributed by atoms with Crippen molar-refractivity contribution in [3.8, 4) is 0 Å². The van der Waals surface area contributed by atoms with E-state index in [4.69, 9.17) is 0 Å². The first kappa shape index (κ1) is 22.6. The zero-order chi connectivity index (χ0) is 22.1. The first-order chi connectivity index (χ1) is 15.1. The first-order valence-corrected chi connectivity index (χ1v) is 11.0. The number of nitrogens with one attached hydrogen (secondary N) is 3. The summed E-state index contributed by atoms with van der Waals surface area (Å²) in [5.41, 5.74) is 2.91. The molecule has 1 saturated heterocycles. The van der Waals surface area contributed by atoms with Gasteiger partial charge in [-0.2, -0.15) is 0 Å². The average Bonchev–Trinajstić information content (AvgIpc) is 2.82. The SMILES string of the molecule is CN=C(NCCc1cccc(C(=O)NC)c1)NCc1ccc(N2CCC(C)CC2)nc1. The van der Waals surface area contributed by atoms with Gasteiger partial charge in [-0.15, -0.1) is 0 Å². The molecule has 7 nitrogen and oxygen atoms in total. The van der Waals surface area contributed by atoms with Crippen molar-refractivity contribution in [3.63, 3.8) is 0 Å². The number of hydrogen-bond donors (Lipinski definition) is 3. The number of aliphatic imine (C=N–C) groups is 1. The fraction of sp³-hybridized carbons (Fsp3) is 0.458. The summed E-state index contributed by atoms with van der Waals surface area (Å²) in [5, 5.41) is 9.32. The molecule has 1 aromatic heterocycles. The quantitative estimate of drug-likeness (QED) is 0.472. The van der Waals surface area contributed by atoms with Gasteiger partial charge in [0.05, 0.1) is 0 Å². The minimum atomic E-state index is -0.0678. The molecule has 0 bridgehead atoms. The molecule has 1 fully saturated rings. The maximum Gasteiger partial charge on any atom is 0.251 e. The van der Waals surface area contributed by atoms with Crippen LogP contribution in [0.25, 0.3) is 0 Å². The van der Waals surface area contributed by atoms with Gasteiger partial charge in [0.15, 0.2) is 5.96 Å². The van der Waals surface area contributed by atoms with E-state index in [9.17, 15) is 4.79 Å². The van der Waals surface area contributed by atoms with E-state index in [2.05, 4.69) is 49.9 Å². The van der Waals surface area contributed by atoms with Gasteiger partial charge in [0.2, 0.25) is 0 Å². The van der Waals surface area contributed by atoms with Crippen molar-refractivity contribution in [3.05, 3.63) is 59.3 Å². The topological polar surface area (TPSA) is 81.6 Å². The summed E-state index contributed by atoms with van der Waals surface area (Å²) >= 11 is 0. The fourth-order valence-corrected chi connectivity index (χ4v) is 3.69. The van der Waals surface area contributed by atoms with Crippen molar-refractivity contribution in [2.75, 3.05) is 38.6 Å². The van der Waals surface area contributed by atoms with Crippen LogP contribution in [-0.2, 0) is 13.0 Å². The van der Waals surface area contributed by atoms with Crippen molar-refractivity contribution < 1.29 is 4.79 Å². The minimum Gasteiger partial charge on any atom is -0.357 e. The van der Waals surface area contributed by atoms with E-state index in [1.165, 1.54) is 12.8 Å². The lowest BCUT2D eigenvalue weighted by Crippen LogP contribution is -2.38. The number of carbonyl (C=O) groups is 1. The highest BCUT2D eigenvalue weighted by Crippen LogP contribution is 2.21. The van der Waals surface area contributed by atoms with E-state index in [1.54, 1.807) is 14.1 Å². The summed E-state index contributed by atoms with van der Waals surface area (Å²) in [7, 11) is 3.41. The molecule has 1 aromatic carbocycles. The number of piperidine rings is 1. The van der Waals surface area contributed by atoms with Gasteiger partial charge in [-0.1, -0.05) is 25.1 Å². The maximum absolute atomic E-state index is 11.8. The third-order valence-corrected chi connectivity index (χ3v) is 5.72. The smallest absolute Gasteiger partial charge is 0.251 e. The molecule has 3 N–H and O–H groups in total. The van der Waals surface area contributed by atoms with Crippen molar-refractivity contribution in [1.29, 1.82) is 0 Å². The normalized spacial score (nSPS) is 14.9. The second kappa shape index (κ2) is 11.3. The van der Waals surface area contributed by atoms with Crippen molar-refractivity contribution in [1.82, 2.24) is 20.9 Å². The molecule has 7 heteroatoms. The lowest BCUT2D eigenvalue weighted by molar-refractivity contribution is 0.0963. The Hall–Kier alpha value is -3.09. The van der Waals surface area contributed by atoms with Gasteiger partial charge < -0.3 is 20.9 Å². The highest BCUT2D eigenvalue weighted by Gasteiger charge is 2.16. The summed E-state index contributed by atoms with van der Waals surface area (Å²) < 4.78 is 0. The highest BCUT2D eigenvalue weighted by molar-refractivity contribution is 5.94. The number of pyridine rings is 1. The molecular formula is C24H34N6O. The Morgan fingerprint density at radius 2 is 1.97 bits per heavy atom. The molecule has 3 rings (SSSR count). The molecule has 0 unspecified atom stereocenters. The number of aromatic nitrogens is 1. The van der Waals surface area contributed by atoms with E-state index < -0.39 is 0 Å². The number of carbonyl (C=O) groups excluding carboxylic acids is 1. The van der Waals surface area contributed by atoms with E-state index in [0.717, 1.165) is 54.9 Å². The summed E-state index contributed by atoms with van der Waals surface area (Å²) in [5.74, 6) is 2.56. The number of anilines is 1. The maximum atomic E-state index is 11.8. The Morgan fingerprint density at radius 1 is 1.16 bits per heavy atom. The summed E-state index contributed by atoms with van der Waals surface area (Å²) in [6.45, 7) is 5.89. The zero-order valence-corrected chi connectivity index (χ0v) is 18.8. The zero-order valence-electron chi connectivity index (χ0n) is 18.8. The van der Waals surface area contributed by atoms with Crippen LogP contribution < -0.4 is 20.9 Å². The minimum absolute atomic E-state index is 0.0678. The van der Waals surface area contributed by atoms with Crippen LogP contribution in [0.3, 0.4) is 0 Å². The predicted molar refractivity (Wildman–Crippen MR) is 127 cm³/mol. The van der Waals surface area contributed by atoms with Crippen LogP contribution in [0.5, 0.6) is 0 Å². The largest absolute Gasteiger partial charge is 0.357 e. The van der Waals surface area contributed by atoms with Crippen molar-refractivity contribution >= 4 is 17.7 Å². The molecule has 0 atom stereocenters. The third-order valence-electron chi connectivity index (χ3n) is 5.72. The van der Waals surface area contributed by atoms with Gasteiger partial charge in [-0.05, 0) is 54.5 Å². The molecule has 0 radical (unpaired) electrons. The van der Waals surface area contributed by atoms with E-state index in [1.807, 2.05) is 30.5 Å². The number of hydrogen-bond acceptors (Lipinski definition) is 4. The molecular weight excluding hydrogens is 388 g/mol. The molecule has 2 aromatic rings. The first-order valence-electron chi connectivity index (χ1n) is 11.0. The summed E-state index contributed by atoms with van der Waals surface area (Å²) in [4.78, 5) is 23.1. The molecule has 0 aliphatic carbocycles. The molecule has 0 saturated carbocycles. The molecule has 166 valence electrons. The standard InChI is InChI=1S/C24H34N6O/c1-18-10-13-30(14-11-18)22-8-7-20(16-28-22)17-29-24(26-3)27-12-9-19-5-4-6-21(15-19)23(31)25-2/h4-8,15-16,18H,9-14,17H2,1-3H3,(H,25,31)(H2,26,27,29). The van der Waals surface area contributed by atoms with E-state index in [0.29, 0.717) is 12.1 Å². The van der Waals surface area contributed by atoms with Crippen LogP contribution in [-0.4, -0.2) is 50.6 Å². The van der Waals surface area contributed by atoms with Gasteiger partial charge >= 0.3 is 0 Å². The lowest BCUT2D eigenvalue weighted by atomic mass is 9.99. The number of guanidine groups is 1. The Bertz CT molecular complexity index is 872. The van der Waals surface area contributed by atoms with Crippen LogP contribution in [0.1, 0.15) is 41.3 Å². The molecule has 1 aliphatic rings. The predicted octanol–water partition coefficient (Wildman–Crippen LogP) is 2.59. The number of amides is 1. The van der Waals surface area contributed by atoms with Gasteiger partial charge in [-0.25, -0.2) is 4.98 Å². The molecule has 0 spiro atoms. The second-order valence-electron chi connectivity index (χ2n) is 8.08. The van der Waals surface area contributed by atoms with Crippen molar-refractivity contribution in [2.24, 2.45) is 10.9 Å². The Kier molecular flexibility index (Phi) is 8.27. The van der Waals surface area contributed by atoms with Crippen LogP contribution in [0, 0.1) is 5.92 Å². The van der Waals surface area contributed by atoms with E-state index >= 15 is 0 Å². The average molecular weight is 423 g/mol.